The first kappa shape index (κ1) is 23.4. The van der Waals surface area contributed by atoms with Crippen LogP contribution >= 0.6 is 35.6 Å². The summed E-state index contributed by atoms with van der Waals surface area (Å²) in [6.07, 6.45) is 2.72. The summed E-state index contributed by atoms with van der Waals surface area (Å²) in [5.74, 6) is 0.886. The van der Waals surface area contributed by atoms with Gasteiger partial charge < -0.3 is 15.5 Å². The minimum Gasteiger partial charge on any atom is -0.357 e. The summed E-state index contributed by atoms with van der Waals surface area (Å²) in [6, 6.07) is 3.84. The molecule has 26 heavy (non-hydrogen) atoms. The minimum atomic E-state index is 0. The highest BCUT2D eigenvalue weighted by molar-refractivity contribution is 14.0. The van der Waals surface area contributed by atoms with Crippen LogP contribution in [-0.4, -0.2) is 79.6 Å². The van der Waals surface area contributed by atoms with E-state index in [1.807, 2.05) is 18.3 Å². The van der Waals surface area contributed by atoms with Gasteiger partial charge in [0.15, 0.2) is 5.96 Å². The number of rotatable bonds is 8. The van der Waals surface area contributed by atoms with Gasteiger partial charge in [-0.05, 0) is 31.5 Å². The van der Waals surface area contributed by atoms with E-state index in [-0.39, 0.29) is 24.0 Å². The van der Waals surface area contributed by atoms with Crippen molar-refractivity contribution in [3.05, 3.63) is 29.0 Å². The molecule has 1 aromatic rings. The molecular weight excluding hydrogens is 463 g/mol. The average molecular weight is 495 g/mol. The maximum Gasteiger partial charge on any atom is 0.191 e. The van der Waals surface area contributed by atoms with Crippen LogP contribution in [0, 0.1) is 0 Å². The van der Waals surface area contributed by atoms with Crippen molar-refractivity contribution in [3.63, 3.8) is 0 Å². The Hall–Kier alpha value is -0.640. The Bertz CT molecular complexity index is 517. The number of hydrogen-bond donors (Lipinski definition) is 2. The fourth-order valence-corrected chi connectivity index (χ4v) is 2.97. The Morgan fingerprint density at radius 2 is 1.88 bits per heavy atom. The Morgan fingerprint density at radius 1 is 1.15 bits per heavy atom. The van der Waals surface area contributed by atoms with E-state index in [4.69, 9.17) is 16.6 Å². The summed E-state index contributed by atoms with van der Waals surface area (Å²) in [5.41, 5.74) is 1.17. The monoisotopic (exact) mass is 494 g/mol. The Morgan fingerprint density at radius 3 is 2.50 bits per heavy atom. The number of hydrogen-bond acceptors (Lipinski definition) is 4. The molecule has 0 radical (unpaired) electrons. The van der Waals surface area contributed by atoms with Crippen LogP contribution in [0.1, 0.15) is 19.4 Å². The summed E-state index contributed by atoms with van der Waals surface area (Å²) in [6.45, 7) is 13.7. The van der Waals surface area contributed by atoms with Gasteiger partial charge in [-0.1, -0.05) is 24.6 Å². The second-order valence-corrected chi connectivity index (χ2v) is 6.59. The molecule has 0 atom stereocenters. The molecule has 0 amide bonds. The molecule has 2 rings (SSSR count). The molecule has 1 fully saturated rings. The Balaban J connectivity index is 0.00000338. The normalized spacial score (nSPS) is 16.2. The Kier molecular flexibility index (Phi) is 12.2. The third-order valence-corrected chi connectivity index (χ3v) is 4.66. The fourth-order valence-electron chi connectivity index (χ4n) is 2.85. The SMILES string of the molecule is CCNC(=NCCN1CCN(CC)CC1)NCCc1ccc(Cl)nc1.I. The molecule has 2 heterocycles. The molecule has 1 aromatic heterocycles. The van der Waals surface area contributed by atoms with E-state index >= 15 is 0 Å². The molecule has 2 N–H and O–H groups in total. The van der Waals surface area contributed by atoms with Crippen molar-refractivity contribution in [1.82, 2.24) is 25.4 Å². The maximum absolute atomic E-state index is 5.81. The van der Waals surface area contributed by atoms with E-state index in [0.29, 0.717) is 5.15 Å². The molecular formula is C18H32ClIN6. The highest BCUT2D eigenvalue weighted by Crippen LogP contribution is 2.05. The van der Waals surface area contributed by atoms with E-state index in [2.05, 4.69) is 39.3 Å². The molecule has 1 saturated heterocycles. The van der Waals surface area contributed by atoms with Gasteiger partial charge in [0.05, 0.1) is 6.54 Å². The van der Waals surface area contributed by atoms with E-state index in [9.17, 15) is 0 Å². The third kappa shape index (κ3) is 8.83. The van der Waals surface area contributed by atoms with Crippen molar-refractivity contribution < 1.29 is 0 Å². The average Bonchev–Trinajstić information content (AvgIpc) is 2.64. The molecule has 148 valence electrons. The highest BCUT2D eigenvalue weighted by Gasteiger charge is 2.14. The lowest BCUT2D eigenvalue weighted by Crippen LogP contribution is -2.47. The van der Waals surface area contributed by atoms with Crippen LogP contribution in [0.2, 0.25) is 5.15 Å². The number of pyridine rings is 1. The molecule has 1 aliphatic heterocycles. The predicted molar refractivity (Wildman–Crippen MR) is 121 cm³/mol. The lowest BCUT2D eigenvalue weighted by atomic mass is 10.2. The van der Waals surface area contributed by atoms with Crippen LogP contribution in [0.15, 0.2) is 23.3 Å². The summed E-state index contributed by atoms with van der Waals surface area (Å²) < 4.78 is 0. The van der Waals surface area contributed by atoms with Crippen molar-refractivity contribution in [2.45, 2.75) is 20.3 Å². The number of guanidine groups is 1. The molecule has 0 spiro atoms. The van der Waals surface area contributed by atoms with E-state index in [0.717, 1.165) is 58.2 Å². The molecule has 6 nitrogen and oxygen atoms in total. The van der Waals surface area contributed by atoms with Crippen LogP contribution in [0.5, 0.6) is 0 Å². The number of likely N-dealkylation sites (N-methyl/N-ethyl adjacent to an activating group) is 1. The van der Waals surface area contributed by atoms with Crippen molar-refractivity contribution in [2.24, 2.45) is 4.99 Å². The zero-order valence-electron chi connectivity index (χ0n) is 15.9. The van der Waals surface area contributed by atoms with Gasteiger partial charge in [0.2, 0.25) is 0 Å². The van der Waals surface area contributed by atoms with Crippen LogP contribution in [0.3, 0.4) is 0 Å². The molecule has 1 aliphatic rings. The molecule has 0 bridgehead atoms. The smallest absolute Gasteiger partial charge is 0.191 e. The molecule has 0 unspecified atom stereocenters. The second kappa shape index (κ2) is 13.5. The number of nitrogens with zero attached hydrogens (tertiary/aromatic N) is 4. The molecule has 8 heteroatoms. The summed E-state index contributed by atoms with van der Waals surface area (Å²) >= 11 is 5.81. The molecule has 0 saturated carbocycles. The first-order valence-electron chi connectivity index (χ1n) is 9.28. The quantitative estimate of drug-likeness (QED) is 0.251. The number of piperazine rings is 1. The standard InChI is InChI=1S/C18H31ClN6.HI/c1-3-20-18(21-8-7-16-5-6-17(19)23-15-16)22-9-10-25-13-11-24(4-2)12-14-25;/h5-6,15H,3-4,7-14H2,1-2H3,(H2,20,21,22);1H. The number of aromatic nitrogens is 1. The van der Waals surface area contributed by atoms with Gasteiger partial charge in [-0.3, -0.25) is 9.89 Å². The minimum absolute atomic E-state index is 0. The predicted octanol–water partition coefficient (Wildman–Crippen LogP) is 2.09. The summed E-state index contributed by atoms with van der Waals surface area (Å²) in [4.78, 5) is 13.8. The van der Waals surface area contributed by atoms with E-state index in [1.54, 1.807) is 0 Å². The first-order valence-corrected chi connectivity index (χ1v) is 9.66. The first-order chi connectivity index (χ1) is 12.2. The number of halogens is 2. The molecule has 0 aliphatic carbocycles. The van der Waals surface area contributed by atoms with E-state index in [1.165, 1.54) is 18.7 Å². The van der Waals surface area contributed by atoms with Gasteiger partial charge in [0, 0.05) is 52.0 Å². The van der Waals surface area contributed by atoms with Gasteiger partial charge >= 0.3 is 0 Å². The molecule has 0 aromatic carbocycles. The number of nitrogens with one attached hydrogen (secondary N) is 2. The van der Waals surface area contributed by atoms with Crippen LogP contribution < -0.4 is 10.6 Å². The van der Waals surface area contributed by atoms with Crippen molar-refractivity contribution >= 4 is 41.5 Å². The van der Waals surface area contributed by atoms with Gasteiger partial charge in [-0.25, -0.2) is 4.98 Å². The van der Waals surface area contributed by atoms with Crippen LogP contribution in [0.25, 0.3) is 0 Å². The number of aliphatic imine (C=N–C) groups is 1. The summed E-state index contributed by atoms with van der Waals surface area (Å²) in [7, 11) is 0. The Labute approximate surface area is 179 Å². The third-order valence-electron chi connectivity index (χ3n) is 4.44. The maximum atomic E-state index is 5.81. The van der Waals surface area contributed by atoms with Crippen molar-refractivity contribution in [3.8, 4) is 0 Å². The van der Waals surface area contributed by atoms with Crippen molar-refractivity contribution in [1.29, 1.82) is 0 Å². The lowest BCUT2D eigenvalue weighted by molar-refractivity contribution is 0.140. The van der Waals surface area contributed by atoms with Gasteiger partial charge in [0.25, 0.3) is 0 Å². The second-order valence-electron chi connectivity index (χ2n) is 6.20. The van der Waals surface area contributed by atoms with Gasteiger partial charge in [-0.15, -0.1) is 24.0 Å². The zero-order valence-corrected chi connectivity index (χ0v) is 19.0. The largest absolute Gasteiger partial charge is 0.357 e. The van der Waals surface area contributed by atoms with Crippen LogP contribution in [-0.2, 0) is 6.42 Å². The highest BCUT2D eigenvalue weighted by atomic mass is 127. The van der Waals surface area contributed by atoms with Crippen LogP contribution in [0.4, 0.5) is 0 Å². The van der Waals surface area contributed by atoms with Crippen molar-refractivity contribution in [2.75, 3.05) is 58.9 Å². The van der Waals surface area contributed by atoms with Gasteiger partial charge in [0.1, 0.15) is 5.15 Å². The lowest BCUT2D eigenvalue weighted by Gasteiger charge is -2.33. The topological polar surface area (TPSA) is 55.8 Å². The zero-order chi connectivity index (χ0) is 17.9. The van der Waals surface area contributed by atoms with E-state index < -0.39 is 0 Å². The van der Waals surface area contributed by atoms with Gasteiger partial charge in [-0.2, -0.15) is 0 Å². The summed E-state index contributed by atoms with van der Waals surface area (Å²) in [5, 5.41) is 7.23. The fraction of sp³-hybridized carbons (Fsp3) is 0.667.